The van der Waals surface area contributed by atoms with Crippen LogP contribution in [0, 0.1) is 0 Å². The third kappa shape index (κ3) is 1.80. The zero-order valence-corrected chi connectivity index (χ0v) is 11.5. The fourth-order valence-electron chi connectivity index (χ4n) is 3.74. The van der Waals surface area contributed by atoms with Crippen LogP contribution in [0.25, 0.3) is 11.1 Å². The summed E-state index contributed by atoms with van der Waals surface area (Å²) in [6, 6.07) is 17.7. The molecule has 2 aromatic carbocycles. The van der Waals surface area contributed by atoms with Crippen molar-refractivity contribution >= 4 is 0 Å². The molecule has 1 heterocycles. The quantitative estimate of drug-likeness (QED) is 0.856. The second kappa shape index (κ2) is 4.72. The van der Waals surface area contributed by atoms with E-state index in [4.69, 9.17) is 0 Å². The maximum Gasteiger partial charge on any atom is 0.0667 e. The van der Waals surface area contributed by atoms with E-state index in [1.54, 1.807) is 0 Å². The molecule has 0 saturated carbocycles. The number of likely N-dealkylation sites (tertiary alicyclic amines) is 1. The lowest BCUT2D eigenvalue weighted by molar-refractivity contribution is 0.0560. The Kier molecular flexibility index (Phi) is 2.86. The molecule has 1 aliphatic heterocycles. The van der Waals surface area contributed by atoms with Gasteiger partial charge in [-0.15, -0.1) is 0 Å². The normalized spacial score (nSPS) is 22.6. The van der Waals surface area contributed by atoms with Crippen LogP contribution in [0.5, 0.6) is 0 Å². The molecule has 0 bridgehead atoms. The fourth-order valence-corrected chi connectivity index (χ4v) is 3.74. The number of fused-ring (bicyclic) bond motifs is 3. The van der Waals surface area contributed by atoms with Crippen molar-refractivity contribution in [2.45, 2.75) is 25.0 Å². The third-order valence-corrected chi connectivity index (χ3v) is 4.59. The highest BCUT2D eigenvalue weighted by Crippen LogP contribution is 2.46. The van der Waals surface area contributed by atoms with Gasteiger partial charge in [0, 0.05) is 6.54 Å². The van der Waals surface area contributed by atoms with Crippen LogP contribution in [-0.2, 0) is 0 Å². The molecule has 2 aliphatic rings. The van der Waals surface area contributed by atoms with Gasteiger partial charge in [0.1, 0.15) is 0 Å². The molecule has 0 amide bonds. The van der Waals surface area contributed by atoms with Gasteiger partial charge in [-0.3, -0.25) is 4.90 Å². The molecule has 0 aromatic heterocycles. The summed E-state index contributed by atoms with van der Waals surface area (Å²) in [5.41, 5.74) is 5.49. The van der Waals surface area contributed by atoms with Crippen LogP contribution in [0.2, 0.25) is 0 Å². The fraction of sp³-hybridized carbons (Fsp3) is 0.333. The van der Waals surface area contributed by atoms with Gasteiger partial charge >= 0.3 is 0 Å². The summed E-state index contributed by atoms with van der Waals surface area (Å²) in [5, 5.41) is 9.99. The zero-order chi connectivity index (χ0) is 13.5. The van der Waals surface area contributed by atoms with Gasteiger partial charge < -0.3 is 5.11 Å². The van der Waals surface area contributed by atoms with Gasteiger partial charge in [-0.05, 0) is 41.6 Å². The van der Waals surface area contributed by atoms with E-state index in [0.29, 0.717) is 6.04 Å². The summed E-state index contributed by atoms with van der Waals surface area (Å²) in [4.78, 5) is 2.44. The summed E-state index contributed by atoms with van der Waals surface area (Å²) >= 11 is 0. The summed E-state index contributed by atoms with van der Waals surface area (Å²) in [7, 11) is 0. The van der Waals surface area contributed by atoms with Crippen molar-refractivity contribution in [3.63, 3.8) is 0 Å². The first-order chi connectivity index (χ1) is 9.84. The van der Waals surface area contributed by atoms with Gasteiger partial charge in [-0.2, -0.15) is 0 Å². The van der Waals surface area contributed by atoms with E-state index >= 15 is 0 Å². The Morgan fingerprint density at radius 2 is 1.50 bits per heavy atom. The topological polar surface area (TPSA) is 23.5 Å². The Bertz CT molecular complexity index is 591. The lowest BCUT2D eigenvalue weighted by atomic mass is 9.99. The highest BCUT2D eigenvalue weighted by atomic mass is 16.3. The molecule has 1 saturated heterocycles. The van der Waals surface area contributed by atoms with Crippen LogP contribution in [-0.4, -0.2) is 29.2 Å². The highest BCUT2D eigenvalue weighted by Gasteiger charge is 2.34. The Balaban J connectivity index is 1.83. The van der Waals surface area contributed by atoms with E-state index in [1.807, 2.05) is 0 Å². The van der Waals surface area contributed by atoms with Crippen LogP contribution in [0.1, 0.15) is 30.0 Å². The molecule has 2 nitrogen and oxygen atoms in total. The van der Waals surface area contributed by atoms with Crippen molar-refractivity contribution < 1.29 is 5.11 Å². The van der Waals surface area contributed by atoms with Crippen LogP contribution < -0.4 is 0 Å². The third-order valence-electron chi connectivity index (χ3n) is 4.59. The van der Waals surface area contributed by atoms with Crippen molar-refractivity contribution in [3.8, 4) is 11.1 Å². The first-order valence-electron chi connectivity index (χ1n) is 7.45. The van der Waals surface area contributed by atoms with Crippen LogP contribution in [0.4, 0.5) is 0 Å². The maximum atomic E-state index is 9.99. The van der Waals surface area contributed by atoms with Gasteiger partial charge in [0.05, 0.1) is 12.1 Å². The van der Waals surface area contributed by atoms with Crippen molar-refractivity contribution in [2.24, 2.45) is 0 Å². The molecule has 4 rings (SSSR count). The number of nitrogens with zero attached hydrogens (tertiary/aromatic N) is 1. The maximum absolute atomic E-state index is 9.99. The summed E-state index contributed by atoms with van der Waals surface area (Å²) in [6.07, 6.45) is 1.85. The van der Waals surface area contributed by atoms with Crippen molar-refractivity contribution in [3.05, 3.63) is 59.7 Å². The Labute approximate surface area is 119 Å². The van der Waals surface area contributed by atoms with Gasteiger partial charge in [0.15, 0.2) is 0 Å². The van der Waals surface area contributed by atoms with Gasteiger partial charge in [0.25, 0.3) is 0 Å². The molecule has 0 radical (unpaired) electrons. The van der Waals surface area contributed by atoms with Crippen molar-refractivity contribution in [2.75, 3.05) is 13.1 Å². The van der Waals surface area contributed by atoms with Crippen molar-refractivity contribution in [1.29, 1.82) is 0 Å². The lowest BCUT2D eigenvalue weighted by Crippen LogP contribution is -2.40. The van der Waals surface area contributed by atoms with E-state index in [0.717, 1.165) is 25.9 Å². The minimum absolute atomic E-state index is 0.177. The Morgan fingerprint density at radius 1 is 0.900 bits per heavy atom. The minimum Gasteiger partial charge on any atom is -0.392 e. The molecule has 2 heteroatoms. The molecular weight excluding hydrogens is 246 g/mol. The lowest BCUT2D eigenvalue weighted by Gasteiger charge is -2.35. The molecule has 102 valence electrons. The van der Waals surface area contributed by atoms with E-state index in [9.17, 15) is 5.11 Å². The predicted molar refractivity (Wildman–Crippen MR) is 80.5 cm³/mol. The number of benzene rings is 2. The summed E-state index contributed by atoms with van der Waals surface area (Å²) in [5.74, 6) is 0. The first-order valence-corrected chi connectivity index (χ1v) is 7.45. The standard InChI is InChI=1S/C18H19NO/c20-13-6-5-11-19(12-13)18-16-9-3-1-7-14(16)15-8-2-4-10-17(15)18/h1-4,7-10,13,18,20H,5-6,11-12H2/t13-/m0/s1. The number of aliphatic hydroxyl groups is 1. The second-order valence-corrected chi connectivity index (χ2v) is 5.87. The molecule has 0 unspecified atom stereocenters. The molecular formula is C18H19NO. The molecule has 2 aromatic rings. The molecule has 1 N–H and O–H groups in total. The second-order valence-electron chi connectivity index (χ2n) is 5.87. The monoisotopic (exact) mass is 265 g/mol. The summed E-state index contributed by atoms with van der Waals surface area (Å²) < 4.78 is 0. The van der Waals surface area contributed by atoms with Crippen LogP contribution in [0.15, 0.2) is 48.5 Å². The number of piperidine rings is 1. The number of hydrogen-bond donors (Lipinski definition) is 1. The van der Waals surface area contributed by atoms with E-state index < -0.39 is 0 Å². The predicted octanol–water partition coefficient (Wildman–Crippen LogP) is 3.21. The van der Waals surface area contributed by atoms with E-state index in [1.165, 1.54) is 22.3 Å². The molecule has 1 atom stereocenters. The van der Waals surface area contributed by atoms with Gasteiger partial charge in [0.2, 0.25) is 0 Å². The average molecular weight is 265 g/mol. The van der Waals surface area contributed by atoms with E-state index in [-0.39, 0.29) is 6.10 Å². The highest BCUT2D eigenvalue weighted by molar-refractivity contribution is 5.78. The minimum atomic E-state index is -0.177. The number of hydrogen-bond acceptors (Lipinski definition) is 2. The number of β-amino-alcohol motifs (C(OH)–C–C–N with tert-alkyl or cyclic N) is 1. The smallest absolute Gasteiger partial charge is 0.0667 e. The zero-order valence-electron chi connectivity index (χ0n) is 11.5. The molecule has 1 fully saturated rings. The van der Waals surface area contributed by atoms with Crippen molar-refractivity contribution in [1.82, 2.24) is 4.90 Å². The van der Waals surface area contributed by atoms with Crippen LogP contribution in [0.3, 0.4) is 0 Å². The SMILES string of the molecule is O[C@H]1CCCN(C2c3ccccc3-c3ccccc32)C1. The van der Waals surface area contributed by atoms with Gasteiger partial charge in [-0.1, -0.05) is 48.5 Å². The van der Waals surface area contributed by atoms with Crippen LogP contribution >= 0.6 is 0 Å². The number of rotatable bonds is 1. The summed E-state index contributed by atoms with van der Waals surface area (Å²) in [6.45, 7) is 1.86. The van der Waals surface area contributed by atoms with Gasteiger partial charge in [-0.25, -0.2) is 0 Å². The molecule has 20 heavy (non-hydrogen) atoms. The number of aliphatic hydroxyl groups excluding tert-OH is 1. The Morgan fingerprint density at radius 3 is 2.10 bits per heavy atom. The Hall–Kier alpha value is -1.64. The average Bonchev–Trinajstić information content (AvgIpc) is 2.82. The largest absolute Gasteiger partial charge is 0.392 e. The molecule has 1 aliphatic carbocycles. The van der Waals surface area contributed by atoms with E-state index in [2.05, 4.69) is 53.4 Å². The first kappa shape index (κ1) is 12.1. The molecule has 0 spiro atoms.